The second-order valence-corrected chi connectivity index (χ2v) is 5.58. The Bertz CT molecular complexity index is 302. The Labute approximate surface area is 103 Å². The maximum absolute atomic E-state index is 6.30. The van der Waals surface area contributed by atoms with Gasteiger partial charge in [0, 0.05) is 13.2 Å². The molecule has 0 aromatic carbocycles. The van der Waals surface area contributed by atoms with Crippen LogP contribution in [0.15, 0.2) is 12.2 Å². The summed E-state index contributed by atoms with van der Waals surface area (Å²) >= 11 is 0. The van der Waals surface area contributed by atoms with Gasteiger partial charge in [0.2, 0.25) is 0 Å². The zero-order valence-corrected chi connectivity index (χ0v) is 10.6. The molecule has 3 rings (SSSR count). The molecule has 0 spiro atoms. The first-order chi connectivity index (χ1) is 8.28. The van der Waals surface area contributed by atoms with E-state index >= 15 is 0 Å². The van der Waals surface area contributed by atoms with Crippen LogP contribution in [-0.2, 0) is 14.2 Å². The molecule has 2 fully saturated rings. The van der Waals surface area contributed by atoms with Crippen LogP contribution < -0.4 is 0 Å². The van der Waals surface area contributed by atoms with Crippen molar-refractivity contribution >= 4 is 0 Å². The summed E-state index contributed by atoms with van der Waals surface area (Å²) in [7, 11) is 0. The fraction of sp³-hybridized carbons (Fsp3) is 0.857. The van der Waals surface area contributed by atoms with Gasteiger partial charge in [-0.2, -0.15) is 0 Å². The van der Waals surface area contributed by atoms with Crippen molar-refractivity contribution in [3.8, 4) is 0 Å². The Balaban J connectivity index is 1.80. The van der Waals surface area contributed by atoms with Gasteiger partial charge < -0.3 is 14.2 Å². The third kappa shape index (κ3) is 2.28. The van der Waals surface area contributed by atoms with Crippen molar-refractivity contribution in [2.75, 3.05) is 13.2 Å². The van der Waals surface area contributed by atoms with Gasteiger partial charge in [-0.3, -0.25) is 0 Å². The maximum atomic E-state index is 6.30. The summed E-state index contributed by atoms with van der Waals surface area (Å²) in [5.74, 6) is 0. The molecule has 3 aliphatic rings. The number of ether oxygens (including phenoxy) is 3. The highest BCUT2D eigenvalue weighted by molar-refractivity contribution is 5.04. The molecule has 4 atom stereocenters. The van der Waals surface area contributed by atoms with E-state index in [1.54, 1.807) is 0 Å². The summed E-state index contributed by atoms with van der Waals surface area (Å²) in [5, 5.41) is 0. The zero-order valence-electron chi connectivity index (χ0n) is 10.6. The molecule has 0 aromatic heterocycles. The molecule has 3 aliphatic heterocycles. The van der Waals surface area contributed by atoms with Gasteiger partial charge >= 0.3 is 0 Å². The Morgan fingerprint density at radius 1 is 1.18 bits per heavy atom. The summed E-state index contributed by atoms with van der Waals surface area (Å²) in [6, 6.07) is 0. The predicted molar refractivity (Wildman–Crippen MR) is 65.0 cm³/mol. The van der Waals surface area contributed by atoms with Crippen molar-refractivity contribution in [1.29, 1.82) is 0 Å². The van der Waals surface area contributed by atoms with Crippen molar-refractivity contribution < 1.29 is 14.2 Å². The molecule has 0 aromatic rings. The summed E-state index contributed by atoms with van der Waals surface area (Å²) < 4.78 is 18.0. The number of fused-ring (bicyclic) bond motifs is 2. The van der Waals surface area contributed by atoms with Gasteiger partial charge in [0.25, 0.3) is 0 Å². The van der Waals surface area contributed by atoms with E-state index in [1.807, 2.05) is 0 Å². The van der Waals surface area contributed by atoms with Crippen LogP contribution in [0.25, 0.3) is 0 Å². The van der Waals surface area contributed by atoms with Gasteiger partial charge in [-0.25, -0.2) is 0 Å². The van der Waals surface area contributed by atoms with Crippen LogP contribution in [0.2, 0.25) is 0 Å². The van der Waals surface area contributed by atoms with Crippen molar-refractivity contribution in [2.24, 2.45) is 0 Å². The average molecular weight is 238 g/mol. The molecule has 3 heterocycles. The van der Waals surface area contributed by atoms with E-state index in [-0.39, 0.29) is 23.9 Å². The normalized spacial score (nSPS) is 48.4. The summed E-state index contributed by atoms with van der Waals surface area (Å²) in [6.45, 7) is 3.92. The van der Waals surface area contributed by atoms with Gasteiger partial charge in [-0.05, 0) is 39.0 Å². The minimum Gasteiger partial charge on any atom is -0.372 e. The SMILES string of the molecule is C[C@]12C/C=C\[C@H]3OCCC[C@@H]3O[C@@H]1CCCO2. The third-order valence-corrected chi connectivity index (χ3v) is 4.22. The molecule has 2 saturated heterocycles. The van der Waals surface area contributed by atoms with Crippen molar-refractivity contribution in [3.05, 3.63) is 12.2 Å². The lowest BCUT2D eigenvalue weighted by Crippen LogP contribution is -2.51. The molecule has 0 radical (unpaired) electrons. The Morgan fingerprint density at radius 3 is 3.00 bits per heavy atom. The predicted octanol–water partition coefficient (Wildman–Crippen LogP) is 2.45. The number of hydrogen-bond donors (Lipinski definition) is 0. The molecule has 96 valence electrons. The highest BCUT2D eigenvalue weighted by atomic mass is 16.6. The topological polar surface area (TPSA) is 27.7 Å². The summed E-state index contributed by atoms with van der Waals surface area (Å²) in [6.07, 6.45) is 10.4. The minimum absolute atomic E-state index is 0.128. The van der Waals surface area contributed by atoms with Crippen LogP contribution in [-0.4, -0.2) is 37.1 Å². The van der Waals surface area contributed by atoms with Crippen LogP contribution in [0.3, 0.4) is 0 Å². The molecule has 3 nitrogen and oxygen atoms in total. The van der Waals surface area contributed by atoms with Gasteiger partial charge in [0.15, 0.2) is 0 Å². The van der Waals surface area contributed by atoms with E-state index in [9.17, 15) is 0 Å². The van der Waals surface area contributed by atoms with Gasteiger partial charge in [-0.15, -0.1) is 0 Å². The van der Waals surface area contributed by atoms with Crippen LogP contribution in [0.4, 0.5) is 0 Å². The molecule has 0 saturated carbocycles. The standard InChI is InChI=1S/C14H22O3/c1-14-8-2-5-11-12(6-3-9-15-11)17-13(14)7-4-10-16-14/h2,5,11-13H,3-4,6-10H2,1H3/b5-2-/t11-,12+,13-,14+/m1/s1. The molecule has 0 N–H and O–H groups in total. The summed E-state index contributed by atoms with van der Waals surface area (Å²) in [5.41, 5.74) is -0.128. The lowest BCUT2D eigenvalue weighted by molar-refractivity contribution is -0.207. The third-order valence-electron chi connectivity index (χ3n) is 4.22. The lowest BCUT2D eigenvalue weighted by atomic mass is 9.87. The maximum Gasteiger partial charge on any atom is 0.102 e. The molecule has 0 amide bonds. The Morgan fingerprint density at radius 2 is 2.06 bits per heavy atom. The fourth-order valence-corrected chi connectivity index (χ4v) is 3.12. The van der Waals surface area contributed by atoms with Crippen LogP contribution in [0, 0.1) is 0 Å². The zero-order chi connectivity index (χ0) is 11.7. The molecule has 0 bridgehead atoms. The highest BCUT2D eigenvalue weighted by Crippen LogP contribution is 2.35. The quantitative estimate of drug-likeness (QED) is 0.607. The van der Waals surface area contributed by atoms with Gasteiger partial charge in [0.1, 0.15) is 6.10 Å². The van der Waals surface area contributed by atoms with E-state index in [0.717, 1.165) is 45.3 Å². The van der Waals surface area contributed by atoms with Crippen LogP contribution >= 0.6 is 0 Å². The van der Waals surface area contributed by atoms with Crippen molar-refractivity contribution in [2.45, 2.75) is 62.9 Å². The minimum atomic E-state index is -0.128. The lowest BCUT2D eigenvalue weighted by Gasteiger charge is -2.45. The van der Waals surface area contributed by atoms with E-state index in [4.69, 9.17) is 14.2 Å². The number of hydrogen-bond acceptors (Lipinski definition) is 3. The Kier molecular flexibility index (Phi) is 3.24. The molecule has 17 heavy (non-hydrogen) atoms. The molecule has 0 aliphatic carbocycles. The van der Waals surface area contributed by atoms with Crippen LogP contribution in [0.5, 0.6) is 0 Å². The fourth-order valence-electron chi connectivity index (χ4n) is 3.12. The highest BCUT2D eigenvalue weighted by Gasteiger charge is 2.41. The second kappa shape index (κ2) is 4.71. The molecule has 3 heteroatoms. The van der Waals surface area contributed by atoms with E-state index in [0.29, 0.717) is 0 Å². The molecular weight excluding hydrogens is 216 g/mol. The Hall–Kier alpha value is -0.380. The first-order valence-corrected chi connectivity index (χ1v) is 6.86. The first kappa shape index (κ1) is 11.7. The second-order valence-electron chi connectivity index (χ2n) is 5.58. The van der Waals surface area contributed by atoms with Crippen molar-refractivity contribution in [1.82, 2.24) is 0 Å². The van der Waals surface area contributed by atoms with Crippen LogP contribution in [0.1, 0.15) is 39.0 Å². The average Bonchev–Trinajstić information content (AvgIpc) is 2.32. The monoisotopic (exact) mass is 238 g/mol. The van der Waals surface area contributed by atoms with E-state index in [2.05, 4.69) is 19.1 Å². The van der Waals surface area contributed by atoms with E-state index < -0.39 is 0 Å². The van der Waals surface area contributed by atoms with Gasteiger partial charge in [-0.1, -0.05) is 12.2 Å². The molecule has 0 unspecified atom stereocenters. The number of rotatable bonds is 0. The van der Waals surface area contributed by atoms with Crippen molar-refractivity contribution in [3.63, 3.8) is 0 Å². The largest absolute Gasteiger partial charge is 0.372 e. The van der Waals surface area contributed by atoms with E-state index in [1.165, 1.54) is 0 Å². The van der Waals surface area contributed by atoms with Gasteiger partial charge in [0.05, 0.1) is 17.8 Å². The summed E-state index contributed by atoms with van der Waals surface area (Å²) in [4.78, 5) is 0. The smallest absolute Gasteiger partial charge is 0.102 e. The first-order valence-electron chi connectivity index (χ1n) is 6.86. The molecular formula is C14H22O3.